The third-order valence-electron chi connectivity index (χ3n) is 7.52. The molecule has 0 saturated carbocycles. The van der Waals surface area contributed by atoms with Crippen molar-refractivity contribution >= 4 is 22.8 Å². The molecule has 2 aliphatic heterocycles. The maximum Gasteiger partial charge on any atom is 0.314 e. The van der Waals surface area contributed by atoms with E-state index in [0.29, 0.717) is 45.6 Å². The number of amides is 2. The van der Waals surface area contributed by atoms with Crippen LogP contribution in [0.2, 0.25) is 0 Å². The number of aryl methyl sites for hydroxylation is 1. The first-order chi connectivity index (χ1) is 17.1. The van der Waals surface area contributed by atoms with Gasteiger partial charge in [-0.1, -0.05) is 18.2 Å². The molecule has 0 radical (unpaired) electrons. The lowest BCUT2D eigenvalue weighted by atomic mass is 10.0. The maximum atomic E-state index is 14.0. The predicted molar refractivity (Wildman–Crippen MR) is 131 cm³/mol. The van der Waals surface area contributed by atoms with Crippen molar-refractivity contribution in [1.82, 2.24) is 19.9 Å². The van der Waals surface area contributed by atoms with Crippen LogP contribution < -0.4 is 5.73 Å². The number of benzene rings is 1. The Morgan fingerprint density at radius 3 is 2.77 bits per heavy atom. The van der Waals surface area contributed by atoms with E-state index in [9.17, 15) is 9.59 Å². The second kappa shape index (κ2) is 10.2. The van der Waals surface area contributed by atoms with Gasteiger partial charge < -0.3 is 15.5 Å². The van der Waals surface area contributed by atoms with Crippen molar-refractivity contribution in [3.63, 3.8) is 0 Å². The number of rotatable bonds is 8. The van der Waals surface area contributed by atoms with E-state index in [2.05, 4.69) is 25.9 Å². The predicted octanol–water partition coefficient (Wildman–Crippen LogP) is 1.96. The van der Waals surface area contributed by atoms with Gasteiger partial charge in [0.25, 0.3) is 5.91 Å². The number of pyridine rings is 1. The van der Waals surface area contributed by atoms with Gasteiger partial charge in [-0.3, -0.25) is 14.7 Å². The lowest BCUT2D eigenvalue weighted by Gasteiger charge is -2.42. The molecule has 9 nitrogen and oxygen atoms in total. The van der Waals surface area contributed by atoms with E-state index in [1.54, 1.807) is 6.20 Å². The van der Waals surface area contributed by atoms with Crippen molar-refractivity contribution in [3.05, 3.63) is 60.2 Å². The third-order valence-corrected chi connectivity index (χ3v) is 7.52. The van der Waals surface area contributed by atoms with E-state index < -0.39 is 11.9 Å². The molecule has 1 aromatic carbocycles. The van der Waals surface area contributed by atoms with E-state index in [1.165, 1.54) is 0 Å². The number of carbonyl (C=O) groups is 2. The van der Waals surface area contributed by atoms with Gasteiger partial charge >= 0.3 is 5.91 Å². The number of aromatic nitrogens is 3. The Labute approximate surface area is 204 Å². The molecular formula is C26H33N6O3+. The van der Waals surface area contributed by atoms with Gasteiger partial charge in [0.1, 0.15) is 12.4 Å². The fourth-order valence-electron chi connectivity index (χ4n) is 5.75. The van der Waals surface area contributed by atoms with Crippen LogP contribution in [-0.4, -0.2) is 81.6 Å². The zero-order chi connectivity index (χ0) is 24.3. The summed E-state index contributed by atoms with van der Waals surface area (Å²) in [6.07, 6.45) is 5.84. The molecule has 0 aliphatic carbocycles. The molecular weight excluding hydrogens is 444 g/mol. The number of para-hydroxylation sites is 2. The number of imidazole rings is 1. The molecule has 0 spiro atoms. The van der Waals surface area contributed by atoms with E-state index in [-0.39, 0.29) is 16.4 Å². The molecule has 3 aromatic rings. The van der Waals surface area contributed by atoms with Crippen LogP contribution >= 0.6 is 0 Å². The summed E-state index contributed by atoms with van der Waals surface area (Å²) < 4.78 is 5.68. The van der Waals surface area contributed by atoms with Crippen LogP contribution in [0.1, 0.15) is 36.7 Å². The van der Waals surface area contributed by atoms with Crippen molar-refractivity contribution in [2.24, 2.45) is 5.73 Å². The lowest BCUT2D eigenvalue weighted by molar-refractivity contribution is -0.860. The summed E-state index contributed by atoms with van der Waals surface area (Å²) in [6.45, 7) is 3.96. The Balaban J connectivity index is 1.43. The molecule has 2 saturated heterocycles. The Kier molecular flexibility index (Phi) is 6.90. The lowest BCUT2D eigenvalue weighted by Crippen LogP contribution is -2.63. The first kappa shape index (κ1) is 23.6. The molecule has 0 bridgehead atoms. The zero-order valence-electron chi connectivity index (χ0n) is 19.9. The van der Waals surface area contributed by atoms with E-state index in [0.717, 1.165) is 41.9 Å². The number of fused-ring (bicyclic) bond motifs is 1. The number of likely N-dealkylation sites (tertiary alicyclic amines) is 1. The van der Waals surface area contributed by atoms with Crippen LogP contribution in [0.3, 0.4) is 0 Å². The van der Waals surface area contributed by atoms with Gasteiger partial charge in [-0.25, -0.2) is 14.3 Å². The molecule has 184 valence electrons. The Morgan fingerprint density at radius 2 is 2.03 bits per heavy atom. The Hall–Kier alpha value is -3.14. The van der Waals surface area contributed by atoms with Crippen molar-refractivity contribution in [2.75, 3.05) is 39.4 Å². The summed E-state index contributed by atoms with van der Waals surface area (Å²) in [5.41, 5.74) is 8.78. The standard InChI is InChI=1S/C26H32N6O3/c27-26(34)23-8-4-14-32(23,25(33)10-9-24-29-20-6-1-2-7-21(20)30-24)18-22(19-5-3-11-28-17-19)31-12-15-35-16-13-31/h1-3,5-7,11,17,22-23H,4,8-10,12-16,18H2,(H2-,27,29,30,34)/p+1/t22?,23-,32?/m0/s1. The molecule has 35 heavy (non-hydrogen) atoms. The molecule has 2 aliphatic rings. The number of carbonyl (C=O) groups excluding carboxylic acids is 2. The number of hydrogen-bond donors (Lipinski definition) is 2. The maximum absolute atomic E-state index is 14.0. The third kappa shape index (κ3) is 4.84. The number of H-pyrrole nitrogens is 1. The highest BCUT2D eigenvalue weighted by molar-refractivity contribution is 5.82. The number of morpholine rings is 1. The van der Waals surface area contributed by atoms with Crippen LogP contribution in [0, 0.1) is 0 Å². The number of ether oxygens (including phenoxy) is 1. The second-order valence-corrected chi connectivity index (χ2v) is 9.55. The van der Waals surface area contributed by atoms with Crippen molar-refractivity contribution in [2.45, 2.75) is 37.8 Å². The van der Waals surface area contributed by atoms with Crippen molar-refractivity contribution < 1.29 is 18.8 Å². The minimum atomic E-state index is -0.515. The van der Waals surface area contributed by atoms with Gasteiger partial charge in [0.05, 0.1) is 43.3 Å². The molecule has 3 N–H and O–H groups in total. The highest BCUT2D eigenvalue weighted by Crippen LogP contribution is 2.35. The number of nitrogens with one attached hydrogen (secondary N) is 1. The van der Waals surface area contributed by atoms with Crippen LogP contribution in [-0.2, 0) is 20.7 Å². The highest BCUT2D eigenvalue weighted by Gasteiger charge is 2.52. The molecule has 2 amide bonds. The average molecular weight is 478 g/mol. The number of primary amides is 1. The quantitative estimate of drug-likeness (QED) is 0.480. The number of nitrogens with two attached hydrogens (primary N) is 1. The van der Waals surface area contributed by atoms with E-state index in [4.69, 9.17) is 10.5 Å². The minimum Gasteiger partial charge on any atom is -0.379 e. The van der Waals surface area contributed by atoms with Crippen LogP contribution in [0.15, 0.2) is 48.8 Å². The summed E-state index contributed by atoms with van der Waals surface area (Å²) in [4.78, 5) is 41.2. The fraction of sp³-hybridized carbons (Fsp3) is 0.462. The minimum absolute atomic E-state index is 0.0499. The molecule has 2 aromatic heterocycles. The highest BCUT2D eigenvalue weighted by atomic mass is 16.5. The van der Waals surface area contributed by atoms with Gasteiger partial charge in [-0.2, -0.15) is 0 Å². The van der Waals surface area contributed by atoms with Crippen molar-refractivity contribution in [3.8, 4) is 0 Å². The first-order valence-electron chi connectivity index (χ1n) is 12.4. The van der Waals surface area contributed by atoms with Gasteiger partial charge in [-0.15, -0.1) is 0 Å². The summed E-state index contributed by atoms with van der Waals surface area (Å²) in [6, 6.07) is 11.2. The van der Waals surface area contributed by atoms with Gasteiger partial charge in [-0.05, 0) is 23.8 Å². The SMILES string of the molecule is NC(=O)[C@@H]1CCC[N+]1(CC(c1cccnc1)N1CCOCC1)C(=O)CCc1nc2ccccc2[nH]1. The van der Waals surface area contributed by atoms with E-state index >= 15 is 0 Å². The smallest absolute Gasteiger partial charge is 0.314 e. The van der Waals surface area contributed by atoms with Crippen molar-refractivity contribution in [1.29, 1.82) is 0 Å². The normalized spacial score (nSPS) is 23.9. The molecule has 4 heterocycles. The number of nitrogens with zero attached hydrogens (tertiary/aromatic N) is 4. The Bertz CT molecular complexity index is 1140. The van der Waals surface area contributed by atoms with E-state index in [1.807, 2.05) is 36.5 Å². The molecule has 3 atom stereocenters. The van der Waals surface area contributed by atoms with Crippen LogP contribution in [0.5, 0.6) is 0 Å². The monoisotopic (exact) mass is 477 g/mol. The summed E-state index contributed by atoms with van der Waals surface area (Å²) >= 11 is 0. The topological polar surface area (TPSA) is 114 Å². The van der Waals surface area contributed by atoms with Gasteiger partial charge in [0, 0.05) is 44.7 Å². The second-order valence-electron chi connectivity index (χ2n) is 9.55. The Morgan fingerprint density at radius 1 is 1.20 bits per heavy atom. The average Bonchev–Trinajstić information content (AvgIpc) is 3.52. The summed E-state index contributed by atoms with van der Waals surface area (Å²) in [7, 11) is 0. The van der Waals surface area contributed by atoms with Crippen LogP contribution in [0.4, 0.5) is 0 Å². The largest absolute Gasteiger partial charge is 0.379 e. The molecule has 2 unspecified atom stereocenters. The number of hydrogen-bond acceptors (Lipinski definition) is 6. The number of aromatic amines is 1. The fourth-order valence-corrected chi connectivity index (χ4v) is 5.75. The zero-order valence-corrected chi connectivity index (χ0v) is 19.9. The van der Waals surface area contributed by atoms with Gasteiger partial charge in [0.2, 0.25) is 0 Å². The molecule has 5 rings (SSSR count). The van der Waals surface area contributed by atoms with Crippen LogP contribution in [0.25, 0.3) is 11.0 Å². The molecule has 2 fully saturated rings. The first-order valence-corrected chi connectivity index (χ1v) is 12.4. The summed E-state index contributed by atoms with van der Waals surface area (Å²) in [5, 5.41) is 0. The summed E-state index contributed by atoms with van der Waals surface area (Å²) in [5.74, 6) is 0.435. The number of quaternary nitrogens is 1. The van der Waals surface area contributed by atoms with Gasteiger partial charge in [0.15, 0.2) is 6.04 Å². The molecule has 9 heteroatoms.